The SMILES string of the molecule is CN(C)c1ccc(C(=O)N2CCC(NC(=O)c3ccccc3O)CC2)cc1. The summed E-state index contributed by atoms with van der Waals surface area (Å²) in [4.78, 5) is 28.8. The molecule has 1 fully saturated rings. The molecule has 1 aliphatic heterocycles. The molecule has 2 aromatic carbocycles. The van der Waals surface area contributed by atoms with Gasteiger partial charge in [0, 0.05) is 44.5 Å². The fourth-order valence-corrected chi connectivity index (χ4v) is 3.24. The molecule has 0 aliphatic carbocycles. The summed E-state index contributed by atoms with van der Waals surface area (Å²) in [6.07, 6.45) is 1.39. The van der Waals surface area contributed by atoms with Gasteiger partial charge in [-0.15, -0.1) is 0 Å². The van der Waals surface area contributed by atoms with E-state index in [2.05, 4.69) is 5.32 Å². The van der Waals surface area contributed by atoms with E-state index < -0.39 is 0 Å². The first-order valence-corrected chi connectivity index (χ1v) is 9.11. The third-order valence-electron chi connectivity index (χ3n) is 4.90. The second-order valence-corrected chi connectivity index (χ2v) is 7.00. The van der Waals surface area contributed by atoms with Crippen LogP contribution in [0.15, 0.2) is 48.5 Å². The van der Waals surface area contributed by atoms with Crippen LogP contribution in [0.1, 0.15) is 33.6 Å². The van der Waals surface area contributed by atoms with Crippen LogP contribution >= 0.6 is 0 Å². The zero-order chi connectivity index (χ0) is 19.4. The van der Waals surface area contributed by atoms with Gasteiger partial charge in [0.25, 0.3) is 11.8 Å². The summed E-state index contributed by atoms with van der Waals surface area (Å²) in [7, 11) is 3.93. The molecule has 2 aromatic rings. The lowest BCUT2D eigenvalue weighted by atomic mass is 10.0. The zero-order valence-corrected chi connectivity index (χ0v) is 15.7. The summed E-state index contributed by atoms with van der Waals surface area (Å²) >= 11 is 0. The smallest absolute Gasteiger partial charge is 0.255 e. The van der Waals surface area contributed by atoms with Crippen LogP contribution in [0.25, 0.3) is 0 Å². The summed E-state index contributed by atoms with van der Waals surface area (Å²) in [5, 5.41) is 12.7. The minimum atomic E-state index is -0.280. The van der Waals surface area contributed by atoms with Crippen LogP contribution in [-0.4, -0.2) is 55.0 Å². The molecule has 2 amide bonds. The molecule has 0 bridgehead atoms. The molecule has 142 valence electrons. The van der Waals surface area contributed by atoms with Crippen LogP contribution in [0, 0.1) is 0 Å². The highest BCUT2D eigenvalue weighted by Gasteiger charge is 2.25. The molecule has 6 nitrogen and oxygen atoms in total. The van der Waals surface area contributed by atoms with Crippen molar-refractivity contribution in [3.63, 3.8) is 0 Å². The van der Waals surface area contributed by atoms with E-state index in [0.717, 1.165) is 5.69 Å². The van der Waals surface area contributed by atoms with Gasteiger partial charge in [0.15, 0.2) is 0 Å². The molecule has 1 heterocycles. The predicted octanol–water partition coefficient (Wildman–Crippen LogP) is 2.49. The summed E-state index contributed by atoms with van der Waals surface area (Å²) in [5.74, 6) is -0.285. The Balaban J connectivity index is 1.54. The van der Waals surface area contributed by atoms with Crippen molar-refractivity contribution in [2.24, 2.45) is 0 Å². The van der Waals surface area contributed by atoms with Crippen LogP contribution in [0.4, 0.5) is 5.69 Å². The Morgan fingerprint density at radius 3 is 2.26 bits per heavy atom. The van der Waals surface area contributed by atoms with Crippen LogP contribution in [0.5, 0.6) is 5.75 Å². The summed E-state index contributed by atoms with van der Waals surface area (Å²) in [6, 6.07) is 14.1. The minimum Gasteiger partial charge on any atom is -0.507 e. The number of rotatable bonds is 4. The van der Waals surface area contributed by atoms with Crippen molar-refractivity contribution in [3.05, 3.63) is 59.7 Å². The molecule has 0 radical (unpaired) electrons. The number of aromatic hydroxyl groups is 1. The van der Waals surface area contributed by atoms with Gasteiger partial charge < -0.3 is 20.2 Å². The Kier molecular flexibility index (Phi) is 5.64. The molecule has 0 unspecified atom stereocenters. The molecule has 6 heteroatoms. The van der Waals surface area contributed by atoms with Crippen LogP contribution < -0.4 is 10.2 Å². The van der Waals surface area contributed by atoms with E-state index >= 15 is 0 Å². The highest BCUT2D eigenvalue weighted by atomic mass is 16.3. The number of benzene rings is 2. The number of para-hydroxylation sites is 1. The monoisotopic (exact) mass is 367 g/mol. The number of likely N-dealkylation sites (tertiary alicyclic amines) is 1. The minimum absolute atomic E-state index is 0.00252. The van der Waals surface area contributed by atoms with Crippen molar-refractivity contribution in [2.75, 3.05) is 32.1 Å². The third-order valence-corrected chi connectivity index (χ3v) is 4.90. The van der Waals surface area contributed by atoms with Crippen LogP contribution in [-0.2, 0) is 0 Å². The van der Waals surface area contributed by atoms with E-state index in [4.69, 9.17) is 0 Å². The Bertz CT molecular complexity index is 810. The van der Waals surface area contributed by atoms with Gasteiger partial charge in [-0.05, 0) is 49.2 Å². The molecule has 0 aromatic heterocycles. The second-order valence-electron chi connectivity index (χ2n) is 7.00. The van der Waals surface area contributed by atoms with E-state index in [0.29, 0.717) is 31.5 Å². The van der Waals surface area contributed by atoms with Crippen LogP contribution in [0.2, 0.25) is 0 Å². The number of carbonyl (C=O) groups is 2. The third kappa shape index (κ3) is 4.39. The number of nitrogens with zero attached hydrogens (tertiary/aromatic N) is 2. The van der Waals surface area contributed by atoms with E-state index in [1.54, 1.807) is 18.2 Å². The van der Waals surface area contributed by atoms with Gasteiger partial charge in [-0.2, -0.15) is 0 Å². The lowest BCUT2D eigenvalue weighted by molar-refractivity contribution is 0.0698. The normalized spacial score (nSPS) is 14.7. The lowest BCUT2D eigenvalue weighted by Crippen LogP contribution is -2.46. The number of phenols is 1. The van der Waals surface area contributed by atoms with E-state index in [1.807, 2.05) is 48.2 Å². The van der Waals surface area contributed by atoms with E-state index in [9.17, 15) is 14.7 Å². The van der Waals surface area contributed by atoms with Crippen molar-refractivity contribution in [1.82, 2.24) is 10.2 Å². The zero-order valence-electron chi connectivity index (χ0n) is 15.7. The fraction of sp³-hybridized carbons (Fsp3) is 0.333. The summed E-state index contributed by atoms with van der Waals surface area (Å²) in [6.45, 7) is 1.19. The van der Waals surface area contributed by atoms with Crippen molar-refractivity contribution < 1.29 is 14.7 Å². The Labute approximate surface area is 159 Å². The quantitative estimate of drug-likeness (QED) is 0.871. The predicted molar refractivity (Wildman–Crippen MR) is 105 cm³/mol. The molecule has 1 saturated heterocycles. The topological polar surface area (TPSA) is 72.9 Å². The maximum absolute atomic E-state index is 12.7. The highest BCUT2D eigenvalue weighted by Crippen LogP contribution is 2.19. The number of carbonyl (C=O) groups excluding carboxylic acids is 2. The van der Waals surface area contributed by atoms with E-state index in [1.165, 1.54) is 6.07 Å². The number of piperidine rings is 1. The number of nitrogens with one attached hydrogen (secondary N) is 1. The average Bonchev–Trinajstić information content (AvgIpc) is 2.68. The first-order valence-electron chi connectivity index (χ1n) is 9.11. The molecular weight excluding hydrogens is 342 g/mol. The number of hydrogen-bond donors (Lipinski definition) is 2. The van der Waals surface area contributed by atoms with Gasteiger partial charge >= 0.3 is 0 Å². The first-order chi connectivity index (χ1) is 13.0. The molecular formula is C21H25N3O3. The first kappa shape index (κ1) is 18.8. The van der Waals surface area contributed by atoms with Gasteiger partial charge in [-0.3, -0.25) is 9.59 Å². The Morgan fingerprint density at radius 2 is 1.67 bits per heavy atom. The number of amides is 2. The van der Waals surface area contributed by atoms with Gasteiger partial charge in [0.1, 0.15) is 5.75 Å². The lowest BCUT2D eigenvalue weighted by Gasteiger charge is -2.32. The molecule has 0 atom stereocenters. The van der Waals surface area contributed by atoms with Crippen LogP contribution in [0.3, 0.4) is 0 Å². The van der Waals surface area contributed by atoms with E-state index in [-0.39, 0.29) is 29.2 Å². The largest absolute Gasteiger partial charge is 0.507 e. The number of hydrogen-bond acceptors (Lipinski definition) is 4. The van der Waals surface area contributed by atoms with Gasteiger partial charge in [-0.1, -0.05) is 12.1 Å². The highest BCUT2D eigenvalue weighted by molar-refractivity contribution is 5.97. The number of anilines is 1. The molecule has 27 heavy (non-hydrogen) atoms. The molecule has 0 saturated carbocycles. The van der Waals surface area contributed by atoms with Crippen molar-refractivity contribution in [3.8, 4) is 5.75 Å². The molecule has 2 N–H and O–H groups in total. The van der Waals surface area contributed by atoms with Crippen molar-refractivity contribution in [1.29, 1.82) is 0 Å². The van der Waals surface area contributed by atoms with Gasteiger partial charge in [-0.25, -0.2) is 0 Å². The molecule has 1 aliphatic rings. The second kappa shape index (κ2) is 8.12. The molecule has 3 rings (SSSR count). The van der Waals surface area contributed by atoms with Gasteiger partial charge in [0.2, 0.25) is 0 Å². The van der Waals surface area contributed by atoms with Crippen molar-refractivity contribution in [2.45, 2.75) is 18.9 Å². The summed E-state index contributed by atoms with van der Waals surface area (Å²) in [5.41, 5.74) is 2.01. The fourth-order valence-electron chi connectivity index (χ4n) is 3.24. The number of phenolic OH excluding ortho intramolecular Hbond substituents is 1. The maximum Gasteiger partial charge on any atom is 0.255 e. The average molecular weight is 367 g/mol. The maximum atomic E-state index is 12.7. The summed E-state index contributed by atoms with van der Waals surface area (Å²) < 4.78 is 0. The molecule has 0 spiro atoms. The van der Waals surface area contributed by atoms with Gasteiger partial charge in [0.05, 0.1) is 5.56 Å². The van der Waals surface area contributed by atoms with Crippen molar-refractivity contribution >= 4 is 17.5 Å². The Hall–Kier alpha value is -3.02. The Morgan fingerprint density at radius 1 is 1.04 bits per heavy atom. The standard InChI is InChI=1S/C21H25N3O3/c1-23(2)17-9-7-15(8-10-17)21(27)24-13-11-16(12-14-24)22-20(26)18-5-3-4-6-19(18)25/h3-10,16,25H,11-14H2,1-2H3,(H,22,26).